The lowest BCUT2D eigenvalue weighted by molar-refractivity contribution is 0.587. The largest absolute Gasteiger partial charge is 0.454 e. The van der Waals surface area contributed by atoms with Crippen molar-refractivity contribution in [3.63, 3.8) is 0 Å². The monoisotopic (exact) mass is 1020 g/mol. The van der Waals surface area contributed by atoms with Crippen LogP contribution in [0.15, 0.2) is 156 Å². The van der Waals surface area contributed by atoms with Crippen LogP contribution in [0.4, 0.5) is 34.1 Å². The first-order chi connectivity index (χ1) is 36.6. The van der Waals surface area contributed by atoms with Gasteiger partial charge < -0.3 is 18.8 Å². The zero-order valence-electron chi connectivity index (χ0n) is 49.3. The predicted octanol–water partition coefficient (Wildman–Crippen LogP) is 18.4. The quantitative estimate of drug-likeness (QED) is 0.164. The molecule has 10 aromatic rings. The van der Waals surface area contributed by atoms with E-state index in [9.17, 15) is 0 Å². The molecule has 13 rings (SSSR count). The number of hydrogen-bond acceptors (Lipinski definition) is 3. The average Bonchev–Trinajstić information content (AvgIpc) is 2.31. The highest BCUT2D eigenvalue weighted by Crippen LogP contribution is 2.56. The summed E-state index contributed by atoms with van der Waals surface area (Å²) in [6.07, 6.45) is 0. The second kappa shape index (κ2) is 16.4. The van der Waals surface area contributed by atoms with Gasteiger partial charge in [0.1, 0.15) is 5.58 Å². The van der Waals surface area contributed by atoms with Crippen LogP contribution in [0.5, 0.6) is 0 Å². The van der Waals surface area contributed by atoms with E-state index < -0.39 is 0 Å². The summed E-state index contributed by atoms with van der Waals surface area (Å²) in [6.45, 7) is 39.7. The Bertz CT molecular complexity index is 4070. The first-order valence-electron chi connectivity index (χ1n) is 28.5. The van der Waals surface area contributed by atoms with Crippen LogP contribution in [0.1, 0.15) is 157 Å². The molecule has 392 valence electrons. The third-order valence-electron chi connectivity index (χ3n) is 17.9. The van der Waals surface area contributed by atoms with Gasteiger partial charge in [-0.3, -0.25) is 0 Å². The Morgan fingerprint density at radius 3 is 1.62 bits per heavy atom. The van der Waals surface area contributed by atoms with Gasteiger partial charge >= 0.3 is 0 Å². The normalized spacial score (nSPS) is 14.8. The van der Waals surface area contributed by atoms with Gasteiger partial charge in [-0.2, -0.15) is 0 Å². The second-order valence-electron chi connectivity index (χ2n) is 28.8. The van der Waals surface area contributed by atoms with E-state index in [1.54, 1.807) is 0 Å². The summed E-state index contributed by atoms with van der Waals surface area (Å²) in [7, 11) is 0. The van der Waals surface area contributed by atoms with Crippen LogP contribution in [0, 0.1) is 0 Å². The van der Waals surface area contributed by atoms with Crippen molar-refractivity contribution in [3.05, 3.63) is 191 Å². The fourth-order valence-electron chi connectivity index (χ4n) is 13.4. The van der Waals surface area contributed by atoms with E-state index in [1.165, 1.54) is 88.9 Å². The van der Waals surface area contributed by atoms with Gasteiger partial charge in [0.05, 0.1) is 11.4 Å². The molecule has 0 spiro atoms. The summed E-state index contributed by atoms with van der Waals surface area (Å²) < 4.78 is 10.0. The number of para-hydroxylation sites is 1. The first kappa shape index (κ1) is 50.3. The van der Waals surface area contributed by atoms with E-state index in [2.05, 4.69) is 284 Å². The summed E-state index contributed by atoms with van der Waals surface area (Å²) in [6, 6.07) is 59.0. The van der Waals surface area contributed by atoms with Gasteiger partial charge in [0.15, 0.2) is 5.58 Å². The minimum atomic E-state index is -0.212. The van der Waals surface area contributed by atoms with Crippen LogP contribution >= 0.6 is 0 Å². The van der Waals surface area contributed by atoms with E-state index in [4.69, 9.17) is 4.42 Å². The van der Waals surface area contributed by atoms with E-state index >= 15 is 0 Å². The summed E-state index contributed by atoms with van der Waals surface area (Å²) in [4.78, 5) is 5.06. The van der Waals surface area contributed by atoms with Crippen molar-refractivity contribution in [2.45, 2.75) is 150 Å². The zero-order chi connectivity index (χ0) is 55.1. The minimum absolute atomic E-state index is 0.0169. The van der Waals surface area contributed by atoms with Gasteiger partial charge in [-0.05, 0) is 149 Å². The Morgan fingerprint density at radius 2 is 1.00 bits per heavy atom. The number of hydrogen-bond donors (Lipinski definition) is 0. The molecule has 0 bridgehead atoms. The van der Waals surface area contributed by atoms with Crippen molar-refractivity contribution >= 4 is 90.1 Å². The summed E-state index contributed by atoms with van der Waals surface area (Å²) in [5.41, 5.74) is 26.6. The van der Waals surface area contributed by atoms with Gasteiger partial charge in [0, 0.05) is 66.8 Å². The fourth-order valence-corrected chi connectivity index (χ4v) is 13.4. The number of fused-ring (bicyclic) bond motifs is 12. The molecule has 3 aliphatic rings. The molecule has 0 saturated heterocycles. The van der Waals surface area contributed by atoms with Crippen molar-refractivity contribution in [1.29, 1.82) is 0 Å². The molecule has 0 unspecified atom stereocenters. The lowest BCUT2D eigenvalue weighted by atomic mass is 9.33. The van der Waals surface area contributed by atoms with Gasteiger partial charge in [0.25, 0.3) is 6.71 Å². The summed E-state index contributed by atoms with van der Waals surface area (Å²) in [5.74, 6) is 0. The SMILES string of the molecule is CC(C)(C)c1ccc(N(c2ccc(C(C)(C)C)cc2)c2ccc3c(c2)N(c2cccc4c2oc2cc(C(C)(C)C)ccc24)c2cc(C(C)(C)C)cc4c2B3c2cc(C(C)(C)C)cc3c5c(n-4c23)-c2ccccc2C5(C)C)cc1. The molecule has 0 atom stereocenters. The Hall–Kier alpha value is -7.24. The Kier molecular flexibility index (Phi) is 10.6. The maximum atomic E-state index is 7.30. The van der Waals surface area contributed by atoms with Crippen molar-refractivity contribution < 1.29 is 4.42 Å². The second-order valence-corrected chi connectivity index (χ2v) is 28.8. The Morgan fingerprint density at radius 1 is 0.436 bits per heavy atom. The molecular weight excluding hydrogens is 946 g/mol. The van der Waals surface area contributed by atoms with Gasteiger partial charge in [-0.1, -0.05) is 203 Å². The molecule has 0 fully saturated rings. The number of furan rings is 1. The van der Waals surface area contributed by atoms with Crippen LogP contribution in [0.25, 0.3) is 49.8 Å². The van der Waals surface area contributed by atoms with Crippen molar-refractivity contribution in [2.24, 2.45) is 0 Å². The summed E-state index contributed by atoms with van der Waals surface area (Å²) >= 11 is 0. The van der Waals surface area contributed by atoms with Crippen LogP contribution in [-0.2, 0) is 32.5 Å². The van der Waals surface area contributed by atoms with E-state index in [0.717, 1.165) is 50.4 Å². The van der Waals surface area contributed by atoms with Crippen LogP contribution in [0.2, 0.25) is 0 Å². The number of anilines is 6. The van der Waals surface area contributed by atoms with Gasteiger partial charge in [-0.25, -0.2) is 0 Å². The van der Waals surface area contributed by atoms with Crippen molar-refractivity contribution in [1.82, 2.24) is 4.57 Å². The summed E-state index contributed by atoms with van der Waals surface area (Å²) in [5, 5.41) is 3.62. The Balaban J connectivity index is 1.17. The van der Waals surface area contributed by atoms with Crippen LogP contribution in [-0.4, -0.2) is 11.3 Å². The molecule has 4 heterocycles. The highest BCUT2D eigenvalue weighted by atomic mass is 16.3. The molecule has 0 N–H and O–H groups in total. The van der Waals surface area contributed by atoms with Gasteiger partial charge in [-0.15, -0.1) is 0 Å². The third-order valence-corrected chi connectivity index (χ3v) is 17.9. The lowest BCUT2D eigenvalue weighted by Gasteiger charge is -2.42. The first-order valence-corrected chi connectivity index (χ1v) is 28.5. The Labute approximate surface area is 464 Å². The molecule has 4 nitrogen and oxygen atoms in total. The van der Waals surface area contributed by atoms with E-state index in [0.29, 0.717) is 0 Å². The number of rotatable bonds is 4. The molecule has 2 aliphatic heterocycles. The molecule has 1 aliphatic carbocycles. The van der Waals surface area contributed by atoms with Crippen LogP contribution in [0.3, 0.4) is 0 Å². The van der Waals surface area contributed by atoms with Crippen molar-refractivity contribution in [2.75, 3.05) is 9.80 Å². The molecule has 0 saturated carbocycles. The molecule has 8 aromatic carbocycles. The standard InChI is InChI=1S/C73H76BN3O/c1-68(2,3)43-25-30-48(31-26-43)75(49-32-27-44(28-33-49)69(4,5)6)50-34-36-56-59(42-50)76(58-24-20-22-52-51-35-29-45(70(7,8)9)41-62(51)78-67(52)58)60-39-47(72(13,14)15)40-61-64(60)74(56)57-38-46(71(10,11)12)37-54-63-66(77(61)65(54)57)53-21-18-19-23-55(53)73(63,16)17/h18-42H,1-17H3. The molecule has 0 amide bonds. The maximum absolute atomic E-state index is 7.30. The predicted molar refractivity (Wildman–Crippen MR) is 336 cm³/mol. The van der Waals surface area contributed by atoms with Crippen molar-refractivity contribution in [3.8, 4) is 16.9 Å². The van der Waals surface area contributed by atoms with Gasteiger partial charge in [0.2, 0.25) is 0 Å². The minimum Gasteiger partial charge on any atom is -0.454 e. The lowest BCUT2D eigenvalue weighted by Crippen LogP contribution is -2.60. The number of aromatic nitrogens is 1. The number of nitrogens with zero attached hydrogens (tertiary/aromatic N) is 3. The highest BCUT2D eigenvalue weighted by molar-refractivity contribution is 7.00. The third kappa shape index (κ3) is 7.46. The molecule has 5 heteroatoms. The number of benzene rings is 8. The van der Waals surface area contributed by atoms with E-state index in [-0.39, 0.29) is 39.2 Å². The average molecular weight is 1020 g/mol. The molecular formula is C73H76BN3O. The van der Waals surface area contributed by atoms with E-state index in [1.807, 2.05) is 0 Å². The topological polar surface area (TPSA) is 24.6 Å². The molecule has 2 aromatic heterocycles. The smallest absolute Gasteiger partial charge is 0.252 e. The molecule has 78 heavy (non-hydrogen) atoms. The fraction of sp³-hybridized carbons (Fsp3) is 0.315. The highest BCUT2D eigenvalue weighted by Gasteiger charge is 2.48. The molecule has 0 radical (unpaired) electrons. The zero-order valence-corrected chi connectivity index (χ0v) is 49.3. The maximum Gasteiger partial charge on any atom is 0.252 e. The van der Waals surface area contributed by atoms with Crippen LogP contribution < -0.4 is 26.2 Å².